The van der Waals surface area contributed by atoms with Gasteiger partial charge in [-0.2, -0.15) is 0 Å². The number of carbonyl (C=O) groups is 1. The predicted octanol–water partition coefficient (Wildman–Crippen LogP) is 4.23. The van der Waals surface area contributed by atoms with E-state index in [2.05, 4.69) is 14.6 Å². The number of ether oxygens (including phenoxy) is 1. The number of aromatic nitrogens is 2. The third kappa shape index (κ3) is 5.82. The van der Waals surface area contributed by atoms with Gasteiger partial charge in [-0.25, -0.2) is 4.98 Å². The average Bonchev–Trinajstić information content (AvgIpc) is 3.14. The lowest BCUT2D eigenvalue weighted by Crippen LogP contribution is -2.46. The summed E-state index contributed by atoms with van der Waals surface area (Å²) in [4.78, 5) is 21.9. The standard InChI is InChI=1S/C23H29F3N4O2/c1-28-15-21(27-16-28)22(31)30(14-18-6-3-8-20(12-18)32-23(24,25)26)19-7-2-5-17(11-19)13-29-9-4-10-29/h3,6,8,12,15-17,19H,2,4-5,7,9-11,13-14H2,1H3/t17-,19+/m0/s1. The summed E-state index contributed by atoms with van der Waals surface area (Å²) >= 11 is 0. The van der Waals surface area contributed by atoms with E-state index in [9.17, 15) is 18.0 Å². The highest BCUT2D eigenvalue weighted by Crippen LogP contribution is 2.32. The molecular weight excluding hydrogens is 421 g/mol. The molecule has 0 radical (unpaired) electrons. The second kappa shape index (κ2) is 9.52. The fourth-order valence-electron chi connectivity index (χ4n) is 4.72. The van der Waals surface area contributed by atoms with E-state index < -0.39 is 6.36 Å². The summed E-state index contributed by atoms with van der Waals surface area (Å²) in [7, 11) is 1.80. The zero-order valence-electron chi connectivity index (χ0n) is 18.2. The maximum atomic E-state index is 13.4. The van der Waals surface area contributed by atoms with Crippen molar-refractivity contribution in [1.29, 1.82) is 0 Å². The Hall–Kier alpha value is -2.55. The number of carbonyl (C=O) groups excluding carboxylic acids is 1. The molecule has 0 spiro atoms. The summed E-state index contributed by atoms with van der Waals surface area (Å²) in [6, 6.07) is 5.89. The van der Waals surface area contributed by atoms with E-state index in [1.54, 1.807) is 35.1 Å². The number of imidazole rings is 1. The van der Waals surface area contributed by atoms with Crippen LogP contribution in [0.5, 0.6) is 5.75 Å². The van der Waals surface area contributed by atoms with Gasteiger partial charge in [0.2, 0.25) is 0 Å². The van der Waals surface area contributed by atoms with E-state index in [-0.39, 0.29) is 24.2 Å². The first-order valence-electron chi connectivity index (χ1n) is 11.1. The minimum Gasteiger partial charge on any atom is -0.406 e. The topological polar surface area (TPSA) is 50.6 Å². The Morgan fingerprint density at radius 3 is 2.72 bits per heavy atom. The minimum atomic E-state index is -4.75. The number of rotatable bonds is 7. The number of amides is 1. The van der Waals surface area contributed by atoms with Crippen molar-refractivity contribution < 1.29 is 22.7 Å². The molecule has 0 bridgehead atoms. The third-order valence-electron chi connectivity index (χ3n) is 6.33. The average molecular weight is 451 g/mol. The number of alkyl halides is 3. The molecule has 0 N–H and O–H groups in total. The van der Waals surface area contributed by atoms with Crippen LogP contribution in [0.4, 0.5) is 13.2 Å². The molecule has 2 atom stereocenters. The highest BCUT2D eigenvalue weighted by atomic mass is 19.4. The third-order valence-corrected chi connectivity index (χ3v) is 6.33. The summed E-state index contributed by atoms with van der Waals surface area (Å²) in [6.07, 6.45) is 3.71. The molecule has 0 unspecified atom stereocenters. The van der Waals surface area contributed by atoms with E-state index in [1.807, 2.05) is 0 Å². The molecular formula is C23H29F3N4O2. The smallest absolute Gasteiger partial charge is 0.406 e. The van der Waals surface area contributed by atoms with Gasteiger partial charge in [0.15, 0.2) is 0 Å². The van der Waals surface area contributed by atoms with Gasteiger partial charge in [-0.15, -0.1) is 13.2 Å². The molecule has 1 aliphatic heterocycles. The molecule has 2 aliphatic rings. The fourth-order valence-corrected chi connectivity index (χ4v) is 4.72. The van der Waals surface area contributed by atoms with Gasteiger partial charge in [0.25, 0.3) is 5.91 Å². The first kappa shape index (κ1) is 22.6. The molecule has 1 amide bonds. The second-order valence-corrected chi connectivity index (χ2v) is 8.89. The van der Waals surface area contributed by atoms with Gasteiger partial charge in [-0.1, -0.05) is 18.6 Å². The Balaban J connectivity index is 1.54. The van der Waals surface area contributed by atoms with Crippen LogP contribution in [-0.4, -0.2) is 57.3 Å². The van der Waals surface area contributed by atoms with Gasteiger partial charge in [0.1, 0.15) is 11.4 Å². The number of benzene rings is 1. The molecule has 2 aromatic rings. The largest absolute Gasteiger partial charge is 0.573 e. The highest BCUT2D eigenvalue weighted by Gasteiger charge is 2.33. The maximum Gasteiger partial charge on any atom is 0.573 e. The second-order valence-electron chi connectivity index (χ2n) is 8.89. The lowest BCUT2D eigenvalue weighted by molar-refractivity contribution is -0.274. The van der Waals surface area contributed by atoms with Gasteiger partial charge in [-0.3, -0.25) is 4.79 Å². The van der Waals surface area contributed by atoms with Crippen LogP contribution in [0.15, 0.2) is 36.8 Å². The molecule has 32 heavy (non-hydrogen) atoms. The summed E-state index contributed by atoms with van der Waals surface area (Å²) in [5.41, 5.74) is 0.945. The van der Waals surface area contributed by atoms with Crippen molar-refractivity contribution in [3.05, 3.63) is 48.0 Å². The minimum absolute atomic E-state index is 0.0247. The molecule has 1 aromatic carbocycles. The maximum absolute atomic E-state index is 13.4. The number of hydrogen-bond donors (Lipinski definition) is 0. The predicted molar refractivity (Wildman–Crippen MR) is 113 cm³/mol. The van der Waals surface area contributed by atoms with Crippen LogP contribution in [0.1, 0.15) is 48.2 Å². The molecule has 4 rings (SSSR count). The van der Waals surface area contributed by atoms with Crippen molar-refractivity contribution in [2.75, 3.05) is 19.6 Å². The van der Waals surface area contributed by atoms with Crippen molar-refractivity contribution >= 4 is 5.91 Å². The molecule has 2 heterocycles. The Bertz CT molecular complexity index is 926. The molecule has 1 saturated heterocycles. The monoisotopic (exact) mass is 450 g/mol. The van der Waals surface area contributed by atoms with Gasteiger partial charge in [-0.05, 0) is 62.4 Å². The first-order valence-corrected chi connectivity index (χ1v) is 11.1. The Morgan fingerprint density at radius 2 is 2.06 bits per heavy atom. The van der Waals surface area contributed by atoms with Crippen molar-refractivity contribution in [2.45, 2.75) is 51.1 Å². The van der Waals surface area contributed by atoms with Crippen molar-refractivity contribution in [1.82, 2.24) is 19.4 Å². The SMILES string of the molecule is Cn1cnc(C(=O)N(Cc2cccc(OC(F)(F)F)c2)[C@@H]2CCC[C@H](CN3CCC3)C2)c1. The molecule has 1 saturated carbocycles. The Labute approximate surface area is 186 Å². The number of nitrogens with zero attached hydrogens (tertiary/aromatic N) is 4. The van der Waals surface area contributed by atoms with Crippen LogP contribution >= 0.6 is 0 Å². The number of likely N-dealkylation sites (tertiary alicyclic amines) is 1. The van der Waals surface area contributed by atoms with Crippen LogP contribution < -0.4 is 4.74 Å². The van der Waals surface area contributed by atoms with E-state index in [0.717, 1.165) is 45.3 Å². The van der Waals surface area contributed by atoms with E-state index in [1.165, 1.54) is 24.6 Å². The normalized spacial score (nSPS) is 21.8. The first-order chi connectivity index (χ1) is 15.3. The summed E-state index contributed by atoms with van der Waals surface area (Å²) in [6.45, 7) is 3.55. The van der Waals surface area contributed by atoms with Crippen LogP contribution in [-0.2, 0) is 13.6 Å². The zero-order valence-corrected chi connectivity index (χ0v) is 18.2. The van der Waals surface area contributed by atoms with Crippen LogP contribution in [0.25, 0.3) is 0 Å². The fraction of sp³-hybridized carbons (Fsp3) is 0.565. The van der Waals surface area contributed by atoms with E-state index in [4.69, 9.17) is 0 Å². The molecule has 6 nitrogen and oxygen atoms in total. The van der Waals surface area contributed by atoms with Gasteiger partial charge >= 0.3 is 6.36 Å². The molecule has 1 aliphatic carbocycles. The van der Waals surface area contributed by atoms with Gasteiger partial charge in [0.05, 0.1) is 6.33 Å². The lowest BCUT2D eigenvalue weighted by atomic mass is 9.83. The number of aryl methyl sites for hydroxylation is 1. The quantitative estimate of drug-likeness (QED) is 0.634. The van der Waals surface area contributed by atoms with Crippen LogP contribution in [0, 0.1) is 5.92 Å². The van der Waals surface area contributed by atoms with E-state index >= 15 is 0 Å². The molecule has 9 heteroatoms. The van der Waals surface area contributed by atoms with Crippen LogP contribution in [0.2, 0.25) is 0 Å². The Kier molecular flexibility index (Phi) is 6.74. The zero-order chi connectivity index (χ0) is 22.7. The number of halogens is 3. The van der Waals surface area contributed by atoms with Crippen molar-refractivity contribution in [2.24, 2.45) is 13.0 Å². The molecule has 1 aromatic heterocycles. The van der Waals surface area contributed by atoms with Crippen molar-refractivity contribution in [3.63, 3.8) is 0 Å². The lowest BCUT2D eigenvalue weighted by Gasteiger charge is -2.41. The van der Waals surface area contributed by atoms with Gasteiger partial charge < -0.3 is 19.1 Å². The van der Waals surface area contributed by atoms with Crippen molar-refractivity contribution in [3.8, 4) is 5.75 Å². The van der Waals surface area contributed by atoms with Gasteiger partial charge in [0, 0.05) is 32.4 Å². The highest BCUT2D eigenvalue weighted by molar-refractivity contribution is 5.92. The number of hydrogen-bond acceptors (Lipinski definition) is 4. The summed E-state index contributed by atoms with van der Waals surface area (Å²) in [5, 5.41) is 0. The summed E-state index contributed by atoms with van der Waals surface area (Å²) in [5.74, 6) is 0.0508. The molecule has 174 valence electrons. The van der Waals surface area contributed by atoms with Crippen LogP contribution in [0.3, 0.4) is 0 Å². The summed E-state index contributed by atoms with van der Waals surface area (Å²) < 4.78 is 43.8. The van der Waals surface area contributed by atoms with E-state index in [0.29, 0.717) is 17.2 Å². The molecule has 2 fully saturated rings. The Morgan fingerprint density at radius 1 is 1.25 bits per heavy atom.